The first-order valence-corrected chi connectivity index (χ1v) is 10.6. The van der Waals surface area contributed by atoms with Crippen LogP contribution in [0.25, 0.3) is 0 Å². The molecular weight excluding hydrogens is 351 g/mol. The van der Waals surface area contributed by atoms with Crippen LogP contribution in [-0.4, -0.2) is 42.3 Å². The third-order valence-electron chi connectivity index (χ3n) is 4.14. The Morgan fingerprint density at radius 2 is 2.04 bits per heavy atom. The summed E-state index contributed by atoms with van der Waals surface area (Å²) < 4.78 is 37.1. The fourth-order valence-electron chi connectivity index (χ4n) is 2.96. The summed E-state index contributed by atoms with van der Waals surface area (Å²) in [5.41, 5.74) is 0.663. The summed E-state index contributed by atoms with van der Waals surface area (Å²) in [7, 11) is -3.10. The van der Waals surface area contributed by atoms with E-state index in [9.17, 15) is 17.6 Å². The molecule has 8 heteroatoms. The van der Waals surface area contributed by atoms with Crippen LogP contribution in [0.2, 0.25) is 0 Å². The Morgan fingerprint density at radius 3 is 2.71 bits per heavy atom. The van der Waals surface area contributed by atoms with Crippen molar-refractivity contribution >= 4 is 38.4 Å². The Labute approximate surface area is 145 Å². The Balaban J connectivity index is 1.92. The van der Waals surface area contributed by atoms with Crippen molar-refractivity contribution in [2.45, 2.75) is 37.5 Å². The highest BCUT2D eigenvalue weighted by molar-refractivity contribution is 8.16. The predicted molar refractivity (Wildman–Crippen MR) is 94.7 cm³/mol. The van der Waals surface area contributed by atoms with Gasteiger partial charge in [0.2, 0.25) is 5.91 Å². The molecule has 0 spiro atoms. The second-order valence-electron chi connectivity index (χ2n) is 6.04. The molecule has 2 atom stereocenters. The van der Waals surface area contributed by atoms with Crippen LogP contribution in [0.4, 0.5) is 10.1 Å². The van der Waals surface area contributed by atoms with Gasteiger partial charge < -0.3 is 4.90 Å². The lowest BCUT2D eigenvalue weighted by Gasteiger charge is -2.24. The maximum atomic E-state index is 13.2. The summed E-state index contributed by atoms with van der Waals surface area (Å²) in [6.07, 6.45) is 2.07. The smallest absolute Gasteiger partial charge is 0.248 e. The van der Waals surface area contributed by atoms with Crippen molar-refractivity contribution in [1.82, 2.24) is 0 Å². The van der Waals surface area contributed by atoms with Crippen molar-refractivity contribution in [3.63, 3.8) is 0 Å². The van der Waals surface area contributed by atoms with E-state index in [0.717, 1.165) is 12.8 Å². The lowest BCUT2D eigenvalue weighted by Crippen LogP contribution is -2.37. The second-order valence-corrected chi connectivity index (χ2v) is 9.40. The predicted octanol–water partition coefficient (Wildman–Crippen LogP) is 2.62. The van der Waals surface area contributed by atoms with Crippen molar-refractivity contribution in [3.05, 3.63) is 30.1 Å². The van der Waals surface area contributed by atoms with Crippen molar-refractivity contribution in [1.29, 1.82) is 0 Å². The number of fused-ring (bicyclic) bond motifs is 1. The molecule has 1 amide bonds. The van der Waals surface area contributed by atoms with Crippen LogP contribution in [0.1, 0.15) is 26.2 Å². The zero-order valence-electron chi connectivity index (χ0n) is 13.3. The normalized spacial score (nSPS) is 26.8. The number of sulfone groups is 1. The molecule has 5 nitrogen and oxygen atoms in total. The molecule has 2 aliphatic rings. The Bertz CT molecular complexity index is 762. The van der Waals surface area contributed by atoms with E-state index in [4.69, 9.17) is 0 Å². The number of nitrogens with zero attached hydrogens (tertiary/aromatic N) is 2. The molecule has 2 heterocycles. The molecule has 0 aromatic heterocycles. The number of thioether (sulfide) groups is 1. The van der Waals surface area contributed by atoms with Crippen LogP contribution < -0.4 is 4.90 Å². The van der Waals surface area contributed by atoms with E-state index >= 15 is 0 Å². The zero-order valence-corrected chi connectivity index (χ0v) is 14.9. The van der Waals surface area contributed by atoms with Gasteiger partial charge in [-0.1, -0.05) is 25.1 Å². The average molecular weight is 370 g/mol. The maximum Gasteiger partial charge on any atom is 0.248 e. The summed E-state index contributed by atoms with van der Waals surface area (Å²) >= 11 is 1.33. The summed E-state index contributed by atoms with van der Waals surface area (Å²) in [6.45, 7) is 2.00. The number of benzene rings is 1. The van der Waals surface area contributed by atoms with Crippen molar-refractivity contribution < 1.29 is 17.6 Å². The van der Waals surface area contributed by atoms with E-state index in [1.54, 1.807) is 17.0 Å². The number of amides is 1. The molecule has 3 rings (SSSR count). The van der Waals surface area contributed by atoms with E-state index < -0.39 is 9.84 Å². The SMILES string of the molecule is CCCCC(=O)N=C1S[C@H]2CS(=O)(=O)C[C@H]2N1c1ccc(F)cc1. The van der Waals surface area contributed by atoms with E-state index in [1.807, 2.05) is 6.92 Å². The topological polar surface area (TPSA) is 66.8 Å². The van der Waals surface area contributed by atoms with Crippen LogP contribution in [0.5, 0.6) is 0 Å². The quantitative estimate of drug-likeness (QED) is 0.815. The third kappa shape index (κ3) is 3.64. The Hall–Kier alpha value is -1.41. The second kappa shape index (κ2) is 6.84. The first-order valence-electron chi connectivity index (χ1n) is 7.93. The molecule has 0 aliphatic carbocycles. The molecular formula is C16H19FN2O3S2. The fourth-order valence-corrected chi connectivity index (χ4v) is 6.89. The number of anilines is 1. The molecule has 2 saturated heterocycles. The van der Waals surface area contributed by atoms with Gasteiger partial charge in [-0.15, -0.1) is 0 Å². The highest BCUT2D eigenvalue weighted by Gasteiger charge is 2.49. The number of amidine groups is 1. The van der Waals surface area contributed by atoms with Crippen molar-refractivity contribution in [2.24, 2.45) is 4.99 Å². The minimum atomic E-state index is -3.10. The fraction of sp³-hybridized carbons (Fsp3) is 0.500. The zero-order chi connectivity index (χ0) is 17.3. The monoisotopic (exact) mass is 370 g/mol. The lowest BCUT2D eigenvalue weighted by molar-refractivity contribution is -0.117. The number of hydrogen-bond acceptors (Lipinski definition) is 4. The lowest BCUT2D eigenvalue weighted by atomic mass is 10.2. The molecule has 1 aromatic carbocycles. The number of halogens is 1. The summed E-state index contributed by atoms with van der Waals surface area (Å²) in [4.78, 5) is 18.0. The van der Waals surface area contributed by atoms with Gasteiger partial charge in [-0.05, 0) is 30.7 Å². The first kappa shape index (κ1) is 17.4. The molecule has 0 unspecified atom stereocenters. The number of unbranched alkanes of at least 4 members (excludes halogenated alkanes) is 1. The summed E-state index contributed by atoms with van der Waals surface area (Å²) in [5.74, 6) is -0.445. The van der Waals surface area contributed by atoms with Crippen LogP contribution in [-0.2, 0) is 14.6 Å². The molecule has 24 heavy (non-hydrogen) atoms. The highest BCUT2D eigenvalue weighted by atomic mass is 32.2. The van der Waals surface area contributed by atoms with Gasteiger partial charge in [0, 0.05) is 17.4 Å². The largest absolute Gasteiger partial charge is 0.316 e. The van der Waals surface area contributed by atoms with Gasteiger partial charge in [0.05, 0.1) is 17.5 Å². The molecule has 1 aromatic rings. The molecule has 2 fully saturated rings. The van der Waals surface area contributed by atoms with Gasteiger partial charge >= 0.3 is 0 Å². The van der Waals surface area contributed by atoms with Crippen LogP contribution in [0, 0.1) is 5.82 Å². The van der Waals surface area contributed by atoms with Gasteiger partial charge in [-0.2, -0.15) is 4.99 Å². The van der Waals surface area contributed by atoms with Crippen molar-refractivity contribution in [3.8, 4) is 0 Å². The number of carbonyl (C=O) groups excluding carboxylic acids is 1. The van der Waals surface area contributed by atoms with E-state index in [-0.39, 0.29) is 34.5 Å². The number of hydrogen-bond donors (Lipinski definition) is 0. The number of rotatable bonds is 4. The first-order chi connectivity index (χ1) is 11.4. The third-order valence-corrected chi connectivity index (χ3v) is 7.35. The molecule has 0 radical (unpaired) electrons. The molecule has 0 saturated carbocycles. The molecule has 0 N–H and O–H groups in total. The average Bonchev–Trinajstić information content (AvgIpc) is 2.97. The van der Waals surface area contributed by atoms with Gasteiger partial charge in [-0.25, -0.2) is 12.8 Å². The van der Waals surface area contributed by atoms with Gasteiger partial charge in [0.1, 0.15) is 5.82 Å². The van der Waals surface area contributed by atoms with Gasteiger partial charge in [-0.3, -0.25) is 4.79 Å². The molecule has 2 aliphatic heterocycles. The van der Waals surface area contributed by atoms with Crippen LogP contribution in [0.3, 0.4) is 0 Å². The van der Waals surface area contributed by atoms with Crippen LogP contribution in [0.15, 0.2) is 29.3 Å². The maximum absolute atomic E-state index is 13.2. The highest BCUT2D eigenvalue weighted by Crippen LogP contribution is 2.41. The van der Waals surface area contributed by atoms with Gasteiger partial charge in [0.25, 0.3) is 0 Å². The van der Waals surface area contributed by atoms with Crippen molar-refractivity contribution in [2.75, 3.05) is 16.4 Å². The Kier molecular flexibility index (Phi) is 4.96. The minimum Gasteiger partial charge on any atom is -0.316 e. The number of aliphatic imine (C=N–C) groups is 1. The van der Waals surface area contributed by atoms with E-state index in [2.05, 4.69) is 4.99 Å². The molecule has 0 bridgehead atoms. The standard InChI is InChI=1S/C16H19FN2O3S2/c1-2-3-4-15(20)18-16-19(12-7-5-11(17)6-8-12)13-9-24(21,22)10-14(13)23-16/h5-8,13-14H,2-4,9-10H2,1H3/t13-,14+/m1/s1. The summed E-state index contributed by atoms with van der Waals surface area (Å²) in [5, 5.41) is 0.380. The van der Waals surface area contributed by atoms with E-state index in [1.165, 1.54) is 23.9 Å². The number of carbonyl (C=O) groups is 1. The van der Waals surface area contributed by atoms with E-state index in [0.29, 0.717) is 17.3 Å². The Morgan fingerprint density at radius 1 is 1.33 bits per heavy atom. The molecule has 130 valence electrons. The summed E-state index contributed by atoms with van der Waals surface area (Å²) in [6, 6.07) is 5.58. The van der Waals surface area contributed by atoms with Gasteiger partial charge in [0.15, 0.2) is 15.0 Å². The minimum absolute atomic E-state index is 0.0320. The van der Waals surface area contributed by atoms with Crippen LogP contribution >= 0.6 is 11.8 Å².